The molecule has 1 aromatic heterocycles. The van der Waals surface area contributed by atoms with Crippen LogP contribution >= 0.6 is 11.3 Å². The van der Waals surface area contributed by atoms with E-state index in [1.165, 1.54) is 27.8 Å². The van der Waals surface area contributed by atoms with Gasteiger partial charge in [0.2, 0.25) is 10.0 Å². The first kappa shape index (κ1) is 20.0. The number of benzene rings is 2. The SMILES string of the molecule is Cc1ccc(F)cc1S(=O)(=O)N1CCO[C@H](c2c(C(N)=O)sc3ccccc23)C1. The van der Waals surface area contributed by atoms with Gasteiger partial charge in [-0.1, -0.05) is 24.3 Å². The second-order valence-corrected chi connectivity index (χ2v) is 9.80. The molecule has 1 saturated heterocycles. The number of sulfonamides is 1. The molecular weight excluding hydrogens is 415 g/mol. The van der Waals surface area contributed by atoms with Crippen LogP contribution in [0.25, 0.3) is 10.1 Å². The maximum atomic E-state index is 13.7. The Bertz CT molecular complexity index is 1210. The highest BCUT2D eigenvalue weighted by Crippen LogP contribution is 2.38. The number of carbonyl (C=O) groups excluding carboxylic acids is 1. The van der Waals surface area contributed by atoms with E-state index in [0.29, 0.717) is 16.0 Å². The molecule has 3 aromatic rings. The number of rotatable bonds is 4. The molecule has 4 rings (SSSR count). The first-order valence-electron chi connectivity index (χ1n) is 8.98. The van der Waals surface area contributed by atoms with Crippen molar-refractivity contribution < 1.29 is 22.3 Å². The van der Waals surface area contributed by atoms with Crippen LogP contribution in [0.15, 0.2) is 47.4 Å². The molecule has 0 aliphatic carbocycles. The fraction of sp³-hybridized carbons (Fsp3) is 0.250. The number of carbonyl (C=O) groups is 1. The Hall–Kier alpha value is -2.33. The molecule has 29 heavy (non-hydrogen) atoms. The van der Waals surface area contributed by atoms with E-state index in [2.05, 4.69) is 0 Å². The standard InChI is InChI=1S/C20H19FN2O4S2/c1-12-6-7-13(21)10-17(12)29(25,26)23-8-9-27-15(11-23)18-14-4-2-3-5-16(14)28-19(18)20(22)24/h2-7,10,15H,8-9,11H2,1H3,(H2,22,24)/t15-/m0/s1. The van der Waals surface area contributed by atoms with Crippen molar-refractivity contribution in [3.63, 3.8) is 0 Å². The number of hydrogen-bond donors (Lipinski definition) is 1. The molecule has 0 radical (unpaired) electrons. The van der Waals surface area contributed by atoms with Gasteiger partial charge in [-0.3, -0.25) is 4.79 Å². The number of nitrogens with two attached hydrogens (primary N) is 1. The number of fused-ring (bicyclic) bond motifs is 1. The number of halogens is 1. The summed E-state index contributed by atoms with van der Waals surface area (Å²) in [5.41, 5.74) is 6.65. The monoisotopic (exact) mass is 434 g/mol. The Morgan fingerprint density at radius 1 is 1.28 bits per heavy atom. The summed E-state index contributed by atoms with van der Waals surface area (Å²) in [4.78, 5) is 12.3. The number of amides is 1. The molecule has 1 atom stereocenters. The molecule has 2 aromatic carbocycles. The zero-order valence-electron chi connectivity index (χ0n) is 15.6. The van der Waals surface area contributed by atoms with Crippen molar-refractivity contribution in [2.45, 2.75) is 17.9 Å². The summed E-state index contributed by atoms with van der Waals surface area (Å²) in [5.74, 6) is -1.19. The molecular formula is C20H19FN2O4S2. The van der Waals surface area contributed by atoms with Gasteiger partial charge in [-0.25, -0.2) is 12.8 Å². The van der Waals surface area contributed by atoms with Crippen molar-refractivity contribution >= 4 is 37.4 Å². The number of morpholine rings is 1. The van der Waals surface area contributed by atoms with Crippen LogP contribution in [0, 0.1) is 12.7 Å². The molecule has 1 aliphatic heterocycles. The van der Waals surface area contributed by atoms with Crippen LogP contribution in [0.3, 0.4) is 0 Å². The third-order valence-corrected chi connectivity index (χ3v) is 8.19. The summed E-state index contributed by atoms with van der Waals surface area (Å²) in [7, 11) is -3.93. The highest BCUT2D eigenvalue weighted by Gasteiger charge is 2.35. The Morgan fingerprint density at radius 2 is 2.03 bits per heavy atom. The lowest BCUT2D eigenvalue weighted by Crippen LogP contribution is -2.42. The largest absolute Gasteiger partial charge is 0.371 e. The van der Waals surface area contributed by atoms with Crippen molar-refractivity contribution in [1.29, 1.82) is 0 Å². The second-order valence-electron chi connectivity index (χ2n) is 6.84. The molecule has 0 bridgehead atoms. The fourth-order valence-electron chi connectivity index (χ4n) is 3.58. The Balaban J connectivity index is 1.75. The minimum absolute atomic E-state index is 0.0132. The Labute approximate surface area is 171 Å². The predicted octanol–water partition coefficient (Wildman–Crippen LogP) is 3.21. The van der Waals surface area contributed by atoms with E-state index < -0.39 is 27.9 Å². The number of nitrogens with zero attached hydrogens (tertiary/aromatic N) is 1. The summed E-state index contributed by atoms with van der Waals surface area (Å²) >= 11 is 1.26. The van der Waals surface area contributed by atoms with Gasteiger partial charge in [0, 0.05) is 23.4 Å². The molecule has 1 fully saturated rings. The molecule has 6 nitrogen and oxygen atoms in total. The highest BCUT2D eigenvalue weighted by atomic mass is 32.2. The van der Waals surface area contributed by atoms with Gasteiger partial charge < -0.3 is 10.5 Å². The van der Waals surface area contributed by atoms with Crippen LogP contribution in [0.2, 0.25) is 0 Å². The van der Waals surface area contributed by atoms with Gasteiger partial charge in [0.05, 0.1) is 22.5 Å². The van der Waals surface area contributed by atoms with Crippen LogP contribution in [-0.2, 0) is 14.8 Å². The van der Waals surface area contributed by atoms with Gasteiger partial charge in [0.15, 0.2) is 0 Å². The minimum atomic E-state index is -3.93. The zero-order chi connectivity index (χ0) is 20.8. The molecule has 2 heterocycles. The lowest BCUT2D eigenvalue weighted by atomic mass is 10.0. The lowest BCUT2D eigenvalue weighted by Gasteiger charge is -2.33. The van der Waals surface area contributed by atoms with E-state index in [1.807, 2.05) is 24.3 Å². The van der Waals surface area contributed by atoms with Gasteiger partial charge >= 0.3 is 0 Å². The van der Waals surface area contributed by atoms with Gasteiger partial charge in [-0.05, 0) is 36.1 Å². The van der Waals surface area contributed by atoms with E-state index in [-0.39, 0.29) is 24.6 Å². The van der Waals surface area contributed by atoms with Crippen molar-refractivity contribution in [3.05, 3.63) is 64.3 Å². The topological polar surface area (TPSA) is 89.7 Å². The van der Waals surface area contributed by atoms with Gasteiger partial charge in [-0.15, -0.1) is 11.3 Å². The van der Waals surface area contributed by atoms with E-state index >= 15 is 0 Å². The maximum Gasteiger partial charge on any atom is 0.259 e. The molecule has 0 unspecified atom stereocenters. The average molecular weight is 435 g/mol. The first-order valence-corrected chi connectivity index (χ1v) is 11.2. The van der Waals surface area contributed by atoms with Crippen LogP contribution in [0.5, 0.6) is 0 Å². The van der Waals surface area contributed by atoms with Crippen molar-refractivity contribution in [3.8, 4) is 0 Å². The summed E-state index contributed by atoms with van der Waals surface area (Å²) in [6, 6.07) is 11.1. The average Bonchev–Trinajstić information content (AvgIpc) is 3.10. The smallest absolute Gasteiger partial charge is 0.259 e. The number of aryl methyl sites for hydroxylation is 1. The van der Waals surface area contributed by atoms with E-state index in [0.717, 1.165) is 16.2 Å². The third-order valence-electron chi connectivity index (χ3n) is 4.98. The van der Waals surface area contributed by atoms with E-state index in [4.69, 9.17) is 10.5 Å². The number of thiophene rings is 1. The normalized spacial score (nSPS) is 18.2. The summed E-state index contributed by atoms with van der Waals surface area (Å²) in [6.45, 7) is 1.94. The highest BCUT2D eigenvalue weighted by molar-refractivity contribution is 7.89. The lowest BCUT2D eigenvalue weighted by molar-refractivity contribution is -0.00190. The fourth-order valence-corrected chi connectivity index (χ4v) is 6.35. The summed E-state index contributed by atoms with van der Waals surface area (Å²) in [5, 5.41) is 0.817. The van der Waals surface area contributed by atoms with Crippen molar-refractivity contribution in [1.82, 2.24) is 4.31 Å². The van der Waals surface area contributed by atoms with Crippen molar-refractivity contribution in [2.24, 2.45) is 5.73 Å². The quantitative estimate of drug-likeness (QED) is 0.683. The zero-order valence-corrected chi connectivity index (χ0v) is 17.2. The molecule has 152 valence electrons. The molecule has 1 amide bonds. The van der Waals surface area contributed by atoms with Crippen LogP contribution in [-0.4, -0.2) is 38.3 Å². The molecule has 9 heteroatoms. The first-order chi connectivity index (χ1) is 13.8. The number of primary amides is 1. The van der Waals surface area contributed by atoms with Gasteiger partial charge in [0.1, 0.15) is 5.82 Å². The second kappa shape index (κ2) is 7.49. The molecule has 0 spiro atoms. The predicted molar refractivity (Wildman–Crippen MR) is 109 cm³/mol. The van der Waals surface area contributed by atoms with Gasteiger partial charge in [0.25, 0.3) is 5.91 Å². The molecule has 1 aliphatic rings. The van der Waals surface area contributed by atoms with Crippen LogP contribution < -0.4 is 5.73 Å². The van der Waals surface area contributed by atoms with Crippen molar-refractivity contribution in [2.75, 3.05) is 19.7 Å². The van der Waals surface area contributed by atoms with E-state index in [9.17, 15) is 17.6 Å². The summed E-state index contributed by atoms with van der Waals surface area (Å²) in [6.07, 6.45) is -0.647. The number of hydrogen-bond acceptors (Lipinski definition) is 5. The van der Waals surface area contributed by atoms with Crippen LogP contribution in [0.1, 0.15) is 26.9 Å². The molecule has 0 saturated carbocycles. The minimum Gasteiger partial charge on any atom is -0.371 e. The van der Waals surface area contributed by atoms with Crippen LogP contribution in [0.4, 0.5) is 4.39 Å². The third kappa shape index (κ3) is 3.55. The Kier molecular flexibility index (Phi) is 5.16. The summed E-state index contributed by atoms with van der Waals surface area (Å²) < 4.78 is 48.1. The molecule has 2 N–H and O–H groups in total. The van der Waals surface area contributed by atoms with Gasteiger partial charge in [-0.2, -0.15) is 4.31 Å². The Morgan fingerprint density at radius 3 is 2.79 bits per heavy atom. The van der Waals surface area contributed by atoms with E-state index in [1.54, 1.807) is 6.92 Å². The maximum absolute atomic E-state index is 13.7. The number of ether oxygens (including phenoxy) is 1.